The van der Waals surface area contributed by atoms with Gasteiger partial charge in [-0.2, -0.15) is 26.3 Å². The van der Waals surface area contributed by atoms with Gasteiger partial charge >= 0.3 is 17.8 Å². The lowest BCUT2D eigenvalue weighted by Crippen LogP contribution is -2.55. The van der Waals surface area contributed by atoms with E-state index in [1.165, 1.54) is 26.4 Å². The van der Waals surface area contributed by atoms with Crippen LogP contribution in [-0.2, 0) is 9.47 Å². The van der Waals surface area contributed by atoms with E-state index in [4.69, 9.17) is 9.47 Å². The van der Waals surface area contributed by atoms with Gasteiger partial charge in [-0.25, -0.2) is 0 Å². The second-order valence-corrected chi connectivity index (χ2v) is 17.7. The van der Waals surface area contributed by atoms with Crippen molar-refractivity contribution in [2.24, 2.45) is 0 Å². The summed E-state index contributed by atoms with van der Waals surface area (Å²) < 4.78 is 109. The van der Waals surface area contributed by atoms with Gasteiger partial charge < -0.3 is 19.3 Å². The second-order valence-electron chi connectivity index (χ2n) is 15.3. The Balaban J connectivity index is 1.08. The van der Waals surface area contributed by atoms with E-state index in [0.717, 1.165) is 57.6 Å². The highest BCUT2D eigenvalue weighted by atomic mass is 32.2. The molecule has 2 heterocycles. The molecule has 0 N–H and O–H groups in total. The maximum absolute atomic E-state index is 16.3. The van der Waals surface area contributed by atoms with Gasteiger partial charge in [-0.3, -0.25) is 0 Å². The minimum atomic E-state index is -5.75. The molecular weight excluding hydrogens is 851 g/mol. The molecular formula is C51H36F6N2O2S2. The second kappa shape index (κ2) is 15.1. The molecule has 2 aliphatic carbocycles. The topological polar surface area (TPSA) is 24.9 Å². The van der Waals surface area contributed by atoms with Gasteiger partial charge in [0, 0.05) is 80.4 Å². The van der Waals surface area contributed by atoms with Gasteiger partial charge in [0.05, 0.1) is 0 Å². The first kappa shape index (κ1) is 41.1. The summed E-state index contributed by atoms with van der Waals surface area (Å²) in [5.41, 5.74) is 2.30. The van der Waals surface area contributed by atoms with Crippen molar-refractivity contribution >= 4 is 67.5 Å². The van der Waals surface area contributed by atoms with E-state index in [2.05, 4.69) is 0 Å². The molecule has 12 heteroatoms. The van der Waals surface area contributed by atoms with Crippen LogP contribution in [0.3, 0.4) is 0 Å². The molecule has 0 aromatic heterocycles. The molecule has 0 radical (unpaired) electrons. The third-order valence-electron chi connectivity index (χ3n) is 11.9. The highest BCUT2D eigenvalue weighted by Gasteiger charge is 2.85. The lowest BCUT2D eigenvalue weighted by Gasteiger charge is -2.48. The molecule has 1 saturated carbocycles. The molecule has 0 spiro atoms. The van der Waals surface area contributed by atoms with E-state index in [1.807, 2.05) is 155 Å². The smallest absolute Gasteiger partial charge is 0.358 e. The van der Waals surface area contributed by atoms with E-state index in [-0.39, 0.29) is 0 Å². The Labute approximate surface area is 368 Å². The minimum absolute atomic E-state index is 0.351. The number of methoxy groups -OCH3 is 2. The predicted octanol–water partition coefficient (Wildman–Crippen LogP) is 14.7. The van der Waals surface area contributed by atoms with Crippen LogP contribution in [0.1, 0.15) is 11.1 Å². The number of alkyl halides is 6. The lowest BCUT2D eigenvalue weighted by atomic mass is 9.80. The molecule has 63 heavy (non-hydrogen) atoms. The van der Waals surface area contributed by atoms with E-state index >= 15 is 26.3 Å². The lowest BCUT2D eigenvalue weighted by molar-refractivity contribution is -0.258. The van der Waals surface area contributed by atoms with Crippen LogP contribution in [0.4, 0.5) is 60.5 Å². The molecule has 0 unspecified atom stereocenters. The summed E-state index contributed by atoms with van der Waals surface area (Å²) in [5.74, 6) is -16.3. The SMILES string of the molecule is CO[C@]12SC(c3ccc(N(c4ccccc4)c4ccccc4)cc3)=CC1=C1C(=C3C=C(c4ccc(N(c5ccccc5)c5ccccc5)cc4)S[C@@]32OC)C(F)(F)C(F)(F)C1(F)F. The Morgan fingerprint density at radius 2 is 0.651 bits per heavy atom. The first-order chi connectivity index (χ1) is 30.4. The van der Waals surface area contributed by atoms with E-state index in [9.17, 15) is 0 Å². The van der Waals surface area contributed by atoms with Crippen LogP contribution in [0, 0.1) is 0 Å². The molecule has 4 nitrogen and oxygen atoms in total. The average Bonchev–Trinajstić information content (AvgIpc) is 3.94. The molecule has 2 aliphatic heterocycles. The largest absolute Gasteiger partial charge is 0.380 e. The van der Waals surface area contributed by atoms with Crippen molar-refractivity contribution in [2.45, 2.75) is 27.6 Å². The number of fused-ring (bicyclic) bond motifs is 4. The first-order valence-corrected chi connectivity index (χ1v) is 21.6. The fraction of sp³-hybridized carbons (Fsp3) is 0.137. The summed E-state index contributed by atoms with van der Waals surface area (Å²) in [6.07, 6.45) is 2.56. The number of nitrogens with zero attached hydrogens (tertiary/aromatic N) is 2. The molecule has 10 rings (SSSR count). The Hall–Kier alpha value is -5.92. The van der Waals surface area contributed by atoms with Crippen LogP contribution in [0.5, 0.6) is 0 Å². The first-order valence-electron chi connectivity index (χ1n) is 20.0. The zero-order valence-electron chi connectivity index (χ0n) is 33.6. The molecule has 0 saturated heterocycles. The van der Waals surface area contributed by atoms with Crippen LogP contribution in [0.25, 0.3) is 9.81 Å². The standard InChI is InChI=1S/C51H36F6N2O2S2/c1-60-49-41(31-43(62-49)33-23-27-39(28-24-33)58(35-15-7-3-8-16-35)36-17-9-4-10-18-36)45-46(48(54,55)51(56,57)47(45,52)53)42-32-44(63-50(42,49)61-2)34-25-29-40(30-26-34)59(37-19-11-5-12-20-37)38-21-13-6-14-22-38/h3-32H,1-2H3/t49-,50-/m0/s1. The minimum Gasteiger partial charge on any atom is -0.358 e. The fourth-order valence-electron chi connectivity index (χ4n) is 8.93. The van der Waals surface area contributed by atoms with Crippen LogP contribution >= 0.6 is 23.5 Å². The molecule has 0 bridgehead atoms. The Kier molecular flexibility index (Phi) is 9.87. The number of anilines is 6. The summed E-state index contributed by atoms with van der Waals surface area (Å²) in [7, 11) is 2.51. The van der Waals surface area contributed by atoms with Crippen LogP contribution in [0.15, 0.2) is 204 Å². The van der Waals surface area contributed by atoms with Crippen molar-refractivity contribution in [3.63, 3.8) is 0 Å². The molecule has 6 aromatic rings. The average molecular weight is 887 g/mol. The highest BCUT2D eigenvalue weighted by molar-refractivity contribution is 8.14. The van der Waals surface area contributed by atoms with E-state index < -0.39 is 49.9 Å². The zero-order valence-corrected chi connectivity index (χ0v) is 35.2. The van der Waals surface area contributed by atoms with E-state index in [1.54, 1.807) is 24.3 Å². The number of para-hydroxylation sites is 4. The van der Waals surface area contributed by atoms with Gasteiger partial charge in [-0.15, -0.1) is 0 Å². The maximum Gasteiger partial charge on any atom is 0.380 e. The van der Waals surface area contributed by atoms with Gasteiger partial charge in [-0.05, 0) is 96.1 Å². The number of hydrogen-bond acceptors (Lipinski definition) is 6. The van der Waals surface area contributed by atoms with Gasteiger partial charge in [0.2, 0.25) is 0 Å². The Morgan fingerprint density at radius 1 is 0.381 bits per heavy atom. The number of rotatable bonds is 10. The van der Waals surface area contributed by atoms with Crippen LogP contribution in [0.2, 0.25) is 0 Å². The number of ether oxygens (including phenoxy) is 2. The number of thioether (sulfide) groups is 2. The number of allylic oxidation sites excluding steroid dienone is 2. The van der Waals surface area contributed by atoms with Crippen molar-refractivity contribution in [1.82, 2.24) is 0 Å². The number of benzene rings is 6. The van der Waals surface area contributed by atoms with Crippen molar-refractivity contribution in [2.75, 3.05) is 24.0 Å². The predicted molar refractivity (Wildman–Crippen MR) is 242 cm³/mol. The summed E-state index contributed by atoms with van der Waals surface area (Å²) >= 11 is 1.95. The molecule has 4 aliphatic rings. The summed E-state index contributed by atoms with van der Waals surface area (Å²) in [6.45, 7) is 0. The number of halogens is 6. The van der Waals surface area contributed by atoms with Crippen molar-refractivity contribution in [1.29, 1.82) is 0 Å². The van der Waals surface area contributed by atoms with Crippen molar-refractivity contribution in [3.05, 3.63) is 215 Å². The summed E-state index contributed by atoms with van der Waals surface area (Å²) in [5, 5.41) is 0. The van der Waals surface area contributed by atoms with E-state index in [0.29, 0.717) is 20.9 Å². The van der Waals surface area contributed by atoms with Crippen molar-refractivity contribution in [3.8, 4) is 0 Å². The molecule has 6 aromatic carbocycles. The molecule has 2 atom stereocenters. The highest BCUT2D eigenvalue weighted by Crippen LogP contribution is 2.75. The Morgan fingerprint density at radius 3 is 0.921 bits per heavy atom. The number of hydrogen-bond donors (Lipinski definition) is 0. The maximum atomic E-state index is 16.3. The molecule has 1 fully saturated rings. The third-order valence-corrected chi connectivity index (χ3v) is 15.1. The van der Waals surface area contributed by atoms with Gasteiger partial charge in [0.25, 0.3) is 0 Å². The van der Waals surface area contributed by atoms with Gasteiger partial charge in [-0.1, -0.05) is 121 Å². The zero-order chi connectivity index (χ0) is 43.8. The monoisotopic (exact) mass is 886 g/mol. The summed E-state index contributed by atoms with van der Waals surface area (Å²) in [6, 6.07) is 53.4. The fourth-order valence-corrected chi connectivity index (χ4v) is 12.0. The molecule has 0 amide bonds. The van der Waals surface area contributed by atoms with Crippen LogP contribution < -0.4 is 9.80 Å². The summed E-state index contributed by atoms with van der Waals surface area (Å²) in [4.78, 5) is 0.770. The third kappa shape index (κ3) is 6.02. The van der Waals surface area contributed by atoms with Gasteiger partial charge in [0.15, 0.2) is 9.87 Å². The van der Waals surface area contributed by atoms with Gasteiger partial charge in [0.1, 0.15) is 0 Å². The normalized spacial score (nSPS) is 22.5. The van der Waals surface area contributed by atoms with Crippen LogP contribution in [-0.4, -0.2) is 41.9 Å². The Bertz CT molecular complexity index is 2570. The quantitative estimate of drug-likeness (QED) is 0.127. The molecule has 316 valence electrons. The van der Waals surface area contributed by atoms with Crippen molar-refractivity contribution < 1.29 is 35.8 Å².